The van der Waals surface area contributed by atoms with Crippen molar-refractivity contribution in [1.82, 2.24) is 0 Å². The molecular formula is C14H20O. The number of ether oxygens (including phenoxy) is 1. The third kappa shape index (κ3) is 2.07. The largest absolute Gasteiger partial charge is 0.362 e. The highest BCUT2D eigenvalue weighted by molar-refractivity contribution is 5.31. The maximum atomic E-state index is 5.62. The number of hydrogen-bond donors (Lipinski definition) is 0. The monoisotopic (exact) mass is 204 g/mol. The lowest BCUT2D eigenvalue weighted by Gasteiger charge is -2.19. The third-order valence-electron chi connectivity index (χ3n) is 3.08. The first-order chi connectivity index (χ1) is 6.81. The first-order valence-electron chi connectivity index (χ1n) is 5.59. The average Bonchev–Trinajstić information content (AvgIpc) is 2.74. The molecule has 1 aromatic rings. The van der Waals surface area contributed by atoms with E-state index in [4.69, 9.17) is 4.74 Å². The van der Waals surface area contributed by atoms with E-state index in [1.165, 1.54) is 11.1 Å². The van der Waals surface area contributed by atoms with Crippen molar-refractivity contribution < 1.29 is 4.74 Å². The minimum absolute atomic E-state index is 0.0449. The Morgan fingerprint density at radius 1 is 1.07 bits per heavy atom. The molecule has 1 aliphatic heterocycles. The van der Waals surface area contributed by atoms with Gasteiger partial charge in [-0.3, -0.25) is 0 Å². The van der Waals surface area contributed by atoms with Crippen LogP contribution < -0.4 is 0 Å². The van der Waals surface area contributed by atoms with Crippen LogP contribution in [0.15, 0.2) is 24.3 Å². The quantitative estimate of drug-likeness (QED) is 0.633. The van der Waals surface area contributed by atoms with Crippen LogP contribution in [0.4, 0.5) is 0 Å². The molecule has 1 saturated heterocycles. The van der Waals surface area contributed by atoms with Crippen LogP contribution in [0.2, 0.25) is 0 Å². The Morgan fingerprint density at radius 3 is 1.87 bits per heavy atom. The molecule has 2 rings (SSSR count). The first-order valence-corrected chi connectivity index (χ1v) is 5.59. The molecule has 0 aliphatic carbocycles. The number of benzene rings is 1. The van der Waals surface area contributed by atoms with E-state index >= 15 is 0 Å². The molecule has 0 bridgehead atoms. The normalized spacial score (nSPS) is 23.9. The standard InChI is InChI=1S/C14H20O/c1-13(2,3)11-8-6-10(7-9-11)12-14(4,5)15-12/h6-9,12H,1-5H3. The third-order valence-corrected chi connectivity index (χ3v) is 3.08. The highest BCUT2D eigenvalue weighted by Crippen LogP contribution is 2.48. The highest BCUT2D eigenvalue weighted by Gasteiger charge is 2.48. The zero-order valence-electron chi connectivity index (χ0n) is 10.3. The van der Waals surface area contributed by atoms with E-state index in [1.54, 1.807) is 0 Å². The molecule has 1 atom stereocenters. The van der Waals surface area contributed by atoms with Gasteiger partial charge in [0.2, 0.25) is 0 Å². The Hall–Kier alpha value is -0.820. The van der Waals surface area contributed by atoms with Crippen molar-refractivity contribution in [2.24, 2.45) is 0 Å². The summed E-state index contributed by atoms with van der Waals surface area (Å²) >= 11 is 0. The Bertz CT molecular complexity index is 354. The van der Waals surface area contributed by atoms with Gasteiger partial charge in [0, 0.05) is 0 Å². The van der Waals surface area contributed by atoms with E-state index in [-0.39, 0.29) is 11.0 Å². The summed E-state index contributed by atoms with van der Waals surface area (Å²) in [6.07, 6.45) is 0.298. The molecule has 1 heterocycles. The van der Waals surface area contributed by atoms with Crippen molar-refractivity contribution in [1.29, 1.82) is 0 Å². The van der Waals surface area contributed by atoms with Gasteiger partial charge >= 0.3 is 0 Å². The van der Waals surface area contributed by atoms with Crippen LogP contribution in [0.5, 0.6) is 0 Å². The van der Waals surface area contributed by atoms with Crippen LogP contribution in [0.1, 0.15) is 51.8 Å². The van der Waals surface area contributed by atoms with Crippen LogP contribution >= 0.6 is 0 Å². The van der Waals surface area contributed by atoms with Crippen molar-refractivity contribution >= 4 is 0 Å². The predicted octanol–water partition coefficient (Wildman–Crippen LogP) is 3.83. The van der Waals surface area contributed by atoms with E-state index in [0.29, 0.717) is 6.10 Å². The van der Waals surface area contributed by atoms with Crippen molar-refractivity contribution in [3.05, 3.63) is 35.4 Å². The molecule has 1 unspecified atom stereocenters. The van der Waals surface area contributed by atoms with Crippen molar-refractivity contribution in [3.8, 4) is 0 Å². The van der Waals surface area contributed by atoms with Crippen molar-refractivity contribution in [2.45, 2.75) is 51.7 Å². The second-order valence-corrected chi connectivity index (χ2v) is 5.97. The molecule has 1 aromatic carbocycles. The predicted molar refractivity (Wildman–Crippen MR) is 63.0 cm³/mol. The minimum Gasteiger partial charge on any atom is -0.362 e. The van der Waals surface area contributed by atoms with Crippen molar-refractivity contribution in [3.63, 3.8) is 0 Å². The topological polar surface area (TPSA) is 12.5 Å². The summed E-state index contributed by atoms with van der Waals surface area (Å²) in [5.41, 5.74) is 2.96. The Morgan fingerprint density at radius 2 is 1.53 bits per heavy atom. The van der Waals surface area contributed by atoms with Gasteiger partial charge in [0.25, 0.3) is 0 Å². The zero-order chi connectivity index (χ0) is 11.3. The smallest absolute Gasteiger partial charge is 0.112 e. The van der Waals surface area contributed by atoms with Gasteiger partial charge in [-0.1, -0.05) is 45.0 Å². The van der Waals surface area contributed by atoms with E-state index in [9.17, 15) is 0 Å². The molecule has 15 heavy (non-hydrogen) atoms. The minimum atomic E-state index is 0.0449. The van der Waals surface area contributed by atoms with Gasteiger partial charge in [0.15, 0.2) is 0 Å². The molecule has 0 aromatic heterocycles. The molecule has 1 heteroatoms. The number of rotatable bonds is 1. The van der Waals surface area contributed by atoms with E-state index in [1.807, 2.05) is 0 Å². The Labute approximate surface area is 92.5 Å². The summed E-state index contributed by atoms with van der Waals surface area (Å²) in [4.78, 5) is 0. The molecule has 0 radical (unpaired) electrons. The van der Waals surface area contributed by atoms with Crippen LogP contribution in [-0.4, -0.2) is 5.60 Å². The lowest BCUT2D eigenvalue weighted by molar-refractivity contribution is 0.325. The second kappa shape index (κ2) is 3.08. The van der Waals surface area contributed by atoms with Gasteiger partial charge in [-0.2, -0.15) is 0 Å². The van der Waals surface area contributed by atoms with Gasteiger partial charge in [-0.05, 0) is 30.4 Å². The number of epoxide rings is 1. The van der Waals surface area contributed by atoms with Gasteiger partial charge in [0.05, 0.1) is 5.60 Å². The van der Waals surface area contributed by atoms with Gasteiger partial charge in [-0.25, -0.2) is 0 Å². The summed E-state index contributed by atoms with van der Waals surface area (Å²) in [5, 5.41) is 0. The van der Waals surface area contributed by atoms with Gasteiger partial charge in [-0.15, -0.1) is 0 Å². The fourth-order valence-corrected chi connectivity index (χ4v) is 1.90. The van der Waals surface area contributed by atoms with E-state index in [0.717, 1.165) is 0 Å². The molecule has 1 fully saturated rings. The Balaban J connectivity index is 2.19. The van der Waals surface area contributed by atoms with Gasteiger partial charge < -0.3 is 4.74 Å². The summed E-state index contributed by atoms with van der Waals surface area (Å²) in [6, 6.07) is 8.82. The first kappa shape index (κ1) is 10.7. The second-order valence-electron chi connectivity index (χ2n) is 5.97. The molecule has 0 saturated carbocycles. The van der Waals surface area contributed by atoms with Crippen LogP contribution in [0.25, 0.3) is 0 Å². The SMILES string of the molecule is CC(C)(C)c1ccc(C2OC2(C)C)cc1. The summed E-state index contributed by atoms with van der Waals surface area (Å²) in [7, 11) is 0. The fraction of sp³-hybridized carbons (Fsp3) is 0.571. The molecular weight excluding hydrogens is 184 g/mol. The lowest BCUT2D eigenvalue weighted by Crippen LogP contribution is -2.10. The summed E-state index contributed by atoms with van der Waals surface area (Å²) in [6.45, 7) is 11.0. The number of hydrogen-bond acceptors (Lipinski definition) is 1. The molecule has 1 nitrogen and oxygen atoms in total. The van der Waals surface area contributed by atoms with Crippen LogP contribution in [0, 0.1) is 0 Å². The maximum Gasteiger partial charge on any atom is 0.112 e. The highest BCUT2D eigenvalue weighted by atomic mass is 16.6. The molecule has 0 N–H and O–H groups in total. The molecule has 82 valence electrons. The molecule has 0 spiro atoms. The molecule has 0 amide bonds. The summed E-state index contributed by atoms with van der Waals surface area (Å²) < 4.78 is 5.62. The molecule has 1 aliphatic rings. The lowest BCUT2D eigenvalue weighted by atomic mass is 9.86. The average molecular weight is 204 g/mol. The van der Waals surface area contributed by atoms with E-state index < -0.39 is 0 Å². The van der Waals surface area contributed by atoms with Crippen LogP contribution in [-0.2, 0) is 10.2 Å². The zero-order valence-corrected chi connectivity index (χ0v) is 10.3. The summed E-state index contributed by atoms with van der Waals surface area (Å²) in [5.74, 6) is 0. The fourth-order valence-electron chi connectivity index (χ4n) is 1.90. The van der Waals surface area contributed by atoms with Crippen LogP contribution in [0.3, 0.4) is 0 Å². The van der Waals surface area contributed by atoms with E-state index in [2.05, 4.69) is 58.9 Å². The maximum absolute atomic E-state index is 5.62. The Kier molecular flexibility index (Phi) is 2.20. The van der Waals surface area contributed by atoms with Gasteiger partial charge in [0.1, 0.15) is 6.10 Å². The van der Waals surface area contributed by atoms with Crippen molar-refractivity contribution in [2.75, 3.05) is 0 Å².